The van der Waals surface area contributed by atoms with E-state index in [0.717, 1.165) is 0 Å². The van der Waals surface area contributed by atoms with Gasteiger partial charge < -0.3 is 10.1 Å². The zero-order valence-electron chi connectivity index (χ0n) is 9.21. The summed E-state index contributed by atoms with van der Waals surface area (Å²) in [5, 5.41) is 5.84. The first-order valence-corrected chi connectivity index (χ1v) is 5.36. The van der Waals surface area contributed by atoms with Crippen molar-refractivity contribution < 1.29 is 14.3 Å². The minimum Gasteiger partial charge on any atom is -0.465 e. The zero-order valence-corrected chi connectivity index (χ0v) is 9.21. The summed E-state index contributed by atoms with van der Waals surface area (Å²) in [5.41, 5.74) is 0. The maximum absolute atomic E-state index is 11.5. The lowest BCUT2D eigenvalue weighted by atomic mass is 10.1. The van der Waals surface area contributed by atoms with Crippen LogP contribution in [0.15, 0.2) is 0 Å². The van der Waals surface area contributed by atoms with E-state index in [1.54, 1.807) is 6.92 Å². The Labute approximate surface area is 89.6 Å². The number of nitrogens with one attached hydrogen (secondary N) is 2. The summed E-state index contributed by atoms with van der Waals surface area (Å²) in [5.74, 6) is -0.203. The molecule has 0 spiro atoms. The van der Waals surface area contributed by atoms with Gasteiger partial charge in [0.25, 0.3) is 0 Å². The molecule has 1 heterocycles. The number of carbonyl (C=O) groups is 2. The highest BCUT2D eigenvalue weighted by molar-refractivity contribution is 5.79. The molecule has 0 aromatic rings. The standard InChI is InChI=1S/C10H18N2O3/c1-3-8(10(14)15-4-2)12-7-5-9(13)11-6-7/h7-8,12H,3-6H2,1-2H3,(H,11,13). The Balaban J connectivity index is 2.39. The summed E-state index contributed by atoms with van der Waals surface area (Å²) in [6.45, 7) is 4.68. The van der Waals surface area contributed by atoms with Crippen LogP contribution in [0.25, 0.3) is 0 Å². The van der Waals surface area contributed by atoms with Crippen LogP contribution in [0.5, 0.6) is 0 Å². The normalized spacial score (nSPS) is 22.3. The molecule has 2 unspecified atom stereocenters. The van der Waals surface area contributed by atoms with E-state index in [1.807, 2.05) is 6.92 Å². The Morgan fingerprint density at radius 1 is 1.67 bits per heavy atom. The zero-order chi connectivity index (χ0) is 11.3. The fourth-order valence-corrected chi connectivity index (χ4v) is 1.60. The van der Waals surface area contributed by atoms with Gasteiger partial charge in [-0.15, -0.1) is 0 Å². The Bertz CT molecular complexity index is 243. The van der Waals surface area contributed by atoms with Crippen molar-refractivity contribution in [3.8, 4) is 0 Å². The third kappa shape index (κ3) is 3.51. The van der Waals surface area contributed by atoms with Crippen molar-refractivity contribution in [1.82, 2.24) is 10.6 Å². The number of rotatable bonds is 5. The monoisotopic (exact) mass is 214 g/mol. The molecule has 1 saturated heterocycles. The second-order valence-electron chi connectivity index (χ2n) is 3.58. The van der Waals surface area contributed by atoms with Crippen LogP contribution in [-0.2, 0) is 14.3 Å². The van der Waals surface area contributed by atoms with Crippen molar-refractivity contribution in [2.75, 3.05) is 13.2 Å². The highest BCUT2D eigenvalue weighted by atomic mass is 16.5. The van der Waals surface area contributed by atoms with E-state index < -0.39 is 0 Å². The average molecular weight is 214 g/mol. The van der Waals surface area contributed by atoms with Crippen LogP contribution < -0.4 is 10.6 Å². The largest absolute Gasteiger partial charge is 0.465 e. The number of amides is 1. The van der Waals surface area contributed by atoms with Crippen LogP contribution in [0.4, 0.5) is 0 Å². The second-order valence-corrected chi connectivity index (χ2v) is 3.58. The number of hydrogen-bond acceptors (Lipinski definition) is 4. The summed E-state index contributed by atoms with van der Waals surface area (Å²) in [6.07, 6.45) is 1.11. The van der Waals surface area contributed by atoms with Crippen molar-refractivity contribution in [1.29, 1.82) is 0 Å². The number of carbonyl (C=O) groups excluding carboxylic acids is 2. The number of hydrogen-bond donors (Lipinski definition) is 2. The van der Waals surface area contributed by atoms with Gasteiger partial charge in [-0.25, -0.2) is 0 Å². The first-order valence-electron chi connectivity index (χ1n) is 5.36. The van der Waals surface area contributed by atoms with Gasteiger partial charge >= 0.3 is 5.97 Å². The molecule has 0 radical (unpaired) electrons. The molecule has 1 aliphatic rings. The molecule has 0 aromatic carbocycles. The highest BCUT2D eigenvalue weighted by Crippen LogP contribution is 2.04. The lowest BCUT2D eigenvalue weighted by Crippen LogP contribution is -2.44. The highest BCUT2D eigenvalue weighted by Gasteiger charge is 2.26. The third-order valence-corrected chi connectivity index (χ3v) is 2.39. The molecule has 5 nitrogen and oxygen atoms in total. The van der Waals surface area contributed by atoms with Crippen molar-refractivity contribution >= 4 is 11.9 Å². The van der Waals surface area contributed by atoms with Crippen LogP contribution in [0, 0.1) is 0 Å². The summed E-state index contributed by atoms with van der Waals surface area (Å²) < 4.78 is 4.93. The molecule has 15 heavy (non-hydrogen) atoms. The molecule has 0 saturated carbocycles. The molecule has 2 N–H and O–H groups in total. The lowest BCUT2D eigenvalue weighted by molar-refractivity contribution is -0.146. The van der Waals surface area contributed by atoms with Crippen molar-refractivity contribution in [3.63, 3.8) is 0 Å². The summed E-state index contributed by atoms with van der Waals surface area (Å²) in [6, 6.07) is -0.255. The van der Waals surface area contributed by atoms with Crippen LogP contribution in [0.3, 0.4) is 0 Å². The van der Waals surface area contributed by atoms with Gasteiger partial charge in [0.1, 0.15) is 6.04 Å². The van der Waals surface area contributed by atoms with Crippen LogP contribution in [0.2, 0.25) is 0 Å². The van der Waals surface area contributed by atoms with E-state index in [1.165, 1.54) is 0 Å². The minimum atomic E-state index is -0.303. The van der Waals surface area contributed by atoms with Crippen molar-refractivity contribution in [2.45, 2.75) is 38.8 Å². The Morgan fingerprint density at radius 2 is 2.40 bits per heavy atom. The molecule has 1 amide bonds. The Morgan fingerprint density at radius 3 is 2.87 bits per heavy atom. The third-order valence-electron chi connectivity index (χ3n) is 2.39. The molecule has 86 valence electrons. The van der Waals surface area contributed by atoms with Gasteiger partial charge in [0.15, 0.2) is 0 Å². The van der Waals surface area contributed by atoms with Crippen molar-refractivity contribution in [3.05, 3.63) is 0 Å². The molecule has 1 fully saturated rings. The van der Waals surface area contributed by atoms with E-state index in [-0.39, 0.29) is 24.0 Å². The number of ether oxygens (including phenoxy) is 1. The van der Waals surface area contributed by atoms with Crippen molar-refractivity contribution in [2.24, 2.45) is 0 Å². The molecule has 1 rings (SSSR count). The SMILES string of the molecule is CCOC(=O)C(CC)NC1CNC(=O)C1. The summed E-state index contributed by atoms with van der Waals surface area (Å²) in [4.78, 5) is 22.4. The van der Waals surface area contributed by atoms with Gasteiger partial charge in [0.05, 0.1) is 6.61 Å². The molecular formula is C10H18N2O3. The molecule has 0 bridgehead atoms. The van der Waals surface area contributed by atoms with E-state index in [0.29, 0.717) is 26.0 Å². The predicted octanol–water partition coefficient (Wildman–Crippen LogP) is -0.194. The minimum absolute atomic E-state index is 0.0335. The van der Waals surface area contributed by atoms with Gasteiger partial charge in [-0.05, 0) is 13.3 Å². The van der Waals surface area contributed by atoms with Gasteiger partial charge in [-0.1, -0.05) is 6.92 Å². The molecular weight excluding hydrogens is 196 g/mol. The average Bonchev–Trinajstić information content (AvgIpc) is 2.61. The predicted molar refractivity (Wildman–Crippen MR) is 55.3 cm³/mol. The van der Waals surface area contributed by atoms with Gasteiger partial charge in [0.2, 0.25) is 5.91 Å². The van der Waals surface area contributed by atoms with Crippen LogP contribution in [-0.4, -0.2) is 37.1 Å². The van der Waals surface area contributed by atoms with Crippen LogP contribution >= 0.6 is 0 Å². The quantitative estimate of drug-likeness (QED) is 0.622. The van der Waals surface area contributed by atoms with E-state index >= 15 is 0 Å². The fraction of sp³-hybridized carbons (Fsp3) is 0.800. The number of esters is 1. The summed E-state index contributed by atoms with van der Waals surface area (Å²) >= 11 is 0. The molecule has 2 atom stereocenters. The Kier molecular flexibility index (Phi) is 4.55. The topological polar surface area (TPSA) is 67.4 Å². The van der Waals surface area contributed by atoms with Crippen LogP contribution in [0.1, 0.15) is 26.7 Å². The molecule has 0 aromatic heterocycles. The molecule has 0 aliphatic carbocycles. The van der Waals surface area contributed by atoms with Gasteiger partial charge in [-0.2, -0.15) is 0 Å². The maximum Gasteiger partial charge on any atom is 0.323 e. The van der Waals surface area contributed by atoms with Gasteiger partial charge in [-0.3, -0.25) is 14.9 Å². The molecule has 5 heteroatoms. The lowest BCUT2D eigenvalue weighted by Gasteiger charge is -2.18. The Hall–Kier alpha value is -1.10. The smallest absolute Gasteiger partial charge is 0.323 e. The van der Waals surface area contributed by atoms with E-state index in [9.17, 15) is 9.59 Å². The second kappa shape index (κ2) is 5.70. The fourth-order valence-electron chi connectivity index (χ4n) is 1.60. The van der Waals surface area contributed by atoms with Gasteiger partial charge in [0, 0.05) is 19.0 Å². The first kappa shape index (κ1) is 12.0. The molecule has 1 aliphatic heterocycles. The summed E-state index contributed by atoms with van der Waals surface area (Å²) in [7, 11) is 0. The maximum atomic E-state index is 11.5. The van der Waals surface area contributed by atoms with E-state index in [2.05, 4.69) is 10.6 Å². The first-order chi connectivity index (χ1) is 7.17. The van der Waals surface area contributed by atoms with E-state index in [4.69, 9.17) is 4.74 Å².